The van der Waals surface area contributed by atoms with Crippen molar-refractivity contribution in [3.8, 4) is 0 Å². The van der Waals surface area contributed by atoms with Crippen LogP contribution in [0.5, 0.6) is 0 Å². The largest absolute Gasteiger partial charge is 0.472 e. The lowest BCUT2D eigenvalue weighted by Gasteiger charge is -2.12. The van der Waals surface area contributed by atoms with Gasteiger partial charge < -0.3 is 4.42 Å². The third-order valence-corrected chi connectivity index (χ3v) is 4.68. The fourth-order valence-corrected chi connectivity index (χ4v) is 3.73. The van der Waals surface area contributed by atoms with Gasteiger partial charge in [-0.3, -0.25) is 11.3 Å². The van der Waals surface area contributed by atoms with Crippen LogP contribution in [0.25, 0.3) is 0 Å². The minimum atomic E-state index is 0.197. The number of hydrazine groups is 1. The highest BCUT2D eigenvalue weighted by atomic mass is 32.1. The fourth-order valence-electron chi connectivity index (χ4n) is 2.41. The van der Waals surface area contributed by atoms with Crippen molar-refractivity contribution in [3.05, 3.63) is 45.5 Å². The molecule has 1 unspecified atom stereocenters. The molecule has 2 aromatic heterocycles. The zero-order chi connectivity index (χ0) is 11.7. The minimum Gasteiger partial charge on any atom is -0.472 e. The van der Waals surface area contributed by atoms with Crippen molar-refractivity contribution in [2.24, 2.45) is 5.84 Å². The van der Waals surface area contributed by atoms with Gasteiger partial charge in [-0.15, -0.1) is 11.3 Å². The molecule has 0 aromatic carbocycles. The molecule has 4 heteroatoms. The molecule has 0 amide bonds. The van der Waals surface area contributed by atoms with E-state index < -0.39 is 0 Å². The molecule has 0 aliphatic heterocycles. The summed E-state index contributed by atoms with van der Waals surface area (Å²) in [5.41, 5.74) is 5.62. The van der Waals surface area contributed by atoms with Gasteiger partial charge in [-0.05, 0) is 48.9 Å². The van der Waals surface area contributed by atoms with Gasteiger partial charge in [0.1, 0.15) is 0 Å². The van der Waals surface area contributed by atoms with Gasteiger partial charge in [0.2, 0.25) is 0 Å². The molecule has 0 fully saturated rings. The molecule has 1 atom stereocenters. The number of nitrogens with two attached hydrogens (primary N) is 1. The smallest absolute Gasteiger partial charge is 0.0935 e. The number of aryl methyl sites for hydroxylation is 2. The lowest BCUT2D eigenvalue weighted by atomic mass is 10.1. The Bertz CT molecular complexity index is 468. The van der Waals surface area contributed by atoms with E-state index in [1.165, 1.54) is 35.3 Å². The predicted octanol–water partition coefficient (Wildman–Crippen LogP) is 2.58. The van der Waals surface area contributed by atoms with Crippen molar-refractivity contribution in [2.75, 3.05) is 0 Å². The second-order valence-electron chi connectivity index (χ2n) is 4.51. The third kappa shape index (κ3) is 2.16. The van der Waals surface area contributed by atoms with Crippen molar-refractivity contribution in [1.82, 2.24) is 5.43 Å². The van der Waals surface area contributed by atoms with Gasteiger partial charge in [0.25, 0.3) is 0 Å². The molecule has 3 nitrogen and oxygen atoms in total. The van der Waals surface area contributed by atoms with E-state index in [4.69, 9.17) is 10.3 Å². The Labute approximate surface area is 105 Å². The van der Waals surface area contributed by atoms with Gasteiger partial charge in [-0.2, -0.15) is 0 Å². The fraction of sp³-hybridized carbons (Fsp3) is 0.385. The number of thiophene rings is 1. The molecule has 0 saturated carbocycles. The molecule has 3 rings (SSSR count). The quantitative estimate of drug-likeness (QED) is 0.646. The second-order valence-corrected chi connectivity index (χ2v) is 5.67. The number of hydrogen-bond acceptors (Lipinski definition) is 4. The van der Waals surface area contributed by atoms with Crippen molar-refractivity contribution >= 4 is 11.3 Å². The van der Waals surface area contributed by atoms with E-state index in [2.05, 4.69) is 11.5 Å². The van der Waals surface area contributed by atoms with Gasteiger partial charge in [0.15, 0.2) is 0 Å². The molecule has 3 N–H and O–H groups in total. The maximum Gasteiger partial charge on any atom is 0.0935 e. The van der Waals surface area contributed by atoms with Gasteiger partial charge in [-0.25, -0.2) is 0 Å². The number of furan rings is 1. The van der Waals surface area contributed by atoms with Crippen LogP contribution in [0.15, 0.2) is 29.1 Å². The normalized spacial score (nSPS) is 16.1. The van der Waals surface area contributed by atoms with Crippen LogP contribution >= 0.6 is 11.3 Å². The summed E-state index contributed by atoms with van der Waals surface area (Å²) in [4.78, 5) is 2.89. The zero-order valence-corrected chi connectivity index (χ0v) is 10.4. The average Bonchev–Trinajstić information content (AvgIpc) is 3.01. The summed E-state index contributed by atoms with van der Waals surface area (Å²) < 4.78 is 5.09. The molecule has 2 aromatic rings. The van der Waals surface area contributed by atoms with Gasteiger partial charge >= 0.3 is 0 Å². The van der Waals surface area contributed by atoms with Gasteiger partial charge in [0, 0.05) is 9.75 Å². The summed E-state index contributed by atoms with van der Waals surface area (Å²) in [5.74, 6) is 5.67. The molecule has 17 heavy (non-hydrogen) atoms. The molecule has 0 saturated heterocycles. The first-order valence-corrected chi connectivity index (χ1v) is 6.77. The highest BCUT2D eigenvalue weighted by molar-refractivity contribution is 7.12. The summed E-state index contributed by atoms with van der Waals surface area (Å²) in [6.07, 6.45) is 8.15. The maximum atomic E-state index is 5.67. The van der Waals surface area contributed by atoms with Crippen molar-refractivity contribution < 1.29 is 4.42 Å². The Hall–Kier alpha value is -1.10. The topological polar surface area (TPSA) is 51.2 Å². The van der Waals surface area contributed by atoms with Crippen LogP contribution in [-0.2, 0) is 19.3 Å². The lowest BCUT2D eigenvalue weighted by molar-refractivity contribution is 0.540. The SMILES string of the molecule is NNC(Cc1ccoc1)c1cc2c(s1)CCC2. The van der Waals surface area contributed by atoms with Crippen molar-refractivity contribution in [2.45, 2.75) is 31.7 Å². The Balaban J connectivity index is 1.80. The molecule has 0 radical (unpaired) electrons. The first kappa shape index (κ1) is 11.0. The highest BCUT2D eigenvalue weighted by Crippen LogP contribution is 2.34. The van der Waals surface area contributed by atoms with Gasteiger partial charge in [0.05, 0.1) is 18.6 Å². The molecule has 2 heterocycles. The molecular weight excluding hydrogens is 232 g/mol. The summed E-state index contributed by atoms with van der Waals surface area (Å²) in [6, 6.07) is 4.51. The van der Waals surface area contributed by atoms with Crippen LogP contribution in [0, 0.1) is 0 Å². The Kier molecular flexibility index (Phi) is 3.01. The zero-order valence-electron chi connectivity index (χ0n) is 9.61. The number of rotatable bonds is 4. The van der Waals surface area contributed by atoms with E-state index in [9.17, 15) is 0 Å². The van der Waals surface area contributed by atoms with Crippen molar-refractivity contribution in [3.63, 3.8) is 0 Å². The van der Waals surface area contributed by atoms with Crippen LogP contribution in [0.4, 0.5) is 0 Å². The minimum absolute atomic E-state index is 0.197. The Morgan fingerprint density at radius 3 is 3.12 bits per heavy atom. The molecule has 1 aliphatic rings. The van der Waals surface area contributed by atoms with E-state index in [0.717, 1.165) is 6.42 Å². The summed E-state index contributed by atoms with van der Waals surface area (Å²) in [6.45, 7) is 0. The number of fused-ring (bicyclic) bond motifs is 1. The van der Waals surface area contributed by atoms with Crippen LogP contribution in [-0.4, -0.2) is 0 Å². The summed E-state index contributed by atoms with van der Waals surface area (Å²) in [5, 5.41) is 0. The van der Waals surface area contributed by atoms with E-state index in [0.29, 0.717) is 0 Å². The Morgan fingerprint density at radius 2 is 2.41 bits per heavy atom. The van der Waals surface area contributed by atoms with Crippen LogP contribution in [0.3, 0.4) is 0 Å². The Morgan fingerprint density at radius 1 is 1.47 bits per heavy atom. The van der Waals surface area contributed by atoms with Gasteiger partial charge in [-0.1, -0.05) is 0 Å². The van der Waals surface area contributed by atoms with Crippen LogP contribution in [0.2, 0.25) is 0 Å². The van der Waals surface area contributed by atoms with E-state index in [1.807, 2.05) is 17.4 Å². The molecular formula is C13H16N2OS. The first-order chi connectivity index (χ1) is 8.36. The highest BCUT2D eigenvalue weighted by Gasteiger charge is 2.19. The summed E-state index contributed by atoms with van der Waals surface area (Å²) in [7, 11) is 0. The van der Waals surface area contributed by atoms with E-state index >= 15 is 0 Å². The summed E-state index contributed by atoms with van der Waals surface area (Å²) >= 11 is 1.90. The van der Waals surface area contributed by atoms with Crippen molar-refractivity contribution in [1.29, 1.82) is 0 Å². The monoisotopic (exact) mass is 248 g/mol. The number of nitrogens with one attached hydrogen (secondary N) is 1. The lowest BCUT2D eigenvalue weighted by Crippen LogP contribution is -2.28. The number of hydrogen-bond donors (Lipinski definition) is 2. The van der Waals surface area contributed by atoms with E-state index in [-0.39, 0.29) is 6.04 Å². The molecule has 0 bridgehead atoms. The molecule has 90 valence electrons. The third-order valence-electron chi connectivity index (χ3n) is 3.33. The average molecular weight is 248 g/mol. The van der Waals surface area contributed by atoms with Crippen LogP contribution in [0.1, 0.15) is 33.3 Å². The first-order valence-electron chi connectivity index (χ1n) is 5.95. The predicted molar refractivity (Wildman–Crippen MR) is 68.8 cm³/mol. The van der Waals surface area contributed by atoms with E-state index in [1.54, 1.807) is 17.4 Å². The molecule has 0 spiro atoms. The standard InChI is InChI=1S/C13H16N2OS/c14-15-11(6-9-4-5-16-8-9)13-7-10-2-1-3-12(10)17-13/h4-5,7-8,11,15H,1-3,6,14H2. The molecule has 1 aliphatic carbocycles. The maximum absolute atomic E-state index is 5.67. The van der Waals surface area contributed by atoms with Crippen LogP contribution < -0.4 is 11.3 Å². The second kappa shape index (κ2) is 4.64.